The number of aryl methyl sites for hydroxylation is 1. The number of aromatic nitrogens is 4. The van der Waals surface area contributed by atoms with Gasteiger partial charge in [0, 0.05) is 24.5 Å². The van der Waals surface area contributed by atoms with Crippen LogP contribution in [0.15, 0.2) is 18.7 Å². The molecule has 0 fully saturated rings. The fourth-order valence-corrected chi connectivity index (χ4v) is 1.90. The van der Waals surface area contributed by atoms with Crippen LogP contribution >= 0.6 is 0 Å². The lowest BCUT2D eigenvalue weighted by Gasteiger charge is -2.10. The largest absolute Gasteiger partial charge is 0.383 e. The lowest BCUT2D eigenvalue weighted by molar-refractivity contribution is 0.764. The van der Waals surface area contributed by atoms with Crippen molar-refractivity contribution in [2.75, 3.05) is 5.73 Å². The van der Waals surface area contributed by atoms with Crippen molar-refractivity contribution in [3.63, 3.8) is 0 Å². The van der Waals surface area contributed by atoms with Crippen LogP contribution in [-0.2, 0) is 13.0 Å². The van der Waals surface area contributed by atoms with Gasteiger partial charge in [0.25, 0.3) is 0 Å². The predicted molar refractivity (Wildman–Crippen MR) is 67.3 cm³/mol. The number of anilines is 1. The summed E-state index contributed by atoms with van der Waals surface area (Å²) in [6.07, 6.45) is 7.12. The Balaban J connectivity index is 2.55. The van der Waals surface area contributed by atoms with Gasteiger partial charge < -0.3 is 10.3 Å². The zero-order valence-electron chi connectivity index (χ0n) is 10.2. The molecule has 5 heteroatoms. The van der Waals surface area contributed by atoms with Gasteiger partial charge in [-0.1, -0.05) is 13.3 Å². The van der Waals surface area contributed by atoms with E-state index in [1.54, 1.807) is 6.20 Å². The van der Waals surface area contributed by atoms with E-state index in [4.69, 9.17) is 5.73 Å². The Bertz CT molecular complexity index is 503. The van der Waals surface area contributed by atoms with Crippen LogP contribution < -0.4 is 5.73 Å². The molecule has 0 spiro atoms. The maximum atomic E-state index is 5.92. The number of hydrogen-bond acceptors (Lipinski definition) is 4. The number of nitrogens with zero attached hydrogens (tertiary/aromatic N) is 4. The minimum atomic E-state index is 0.558. The monoisotopic (exact) mass is 231 g/mol. The standard InChI is InChI=1S/C12H17N5/c1-3-5-9-10(15-8-16-11(9)13)12-14-6-7-17(12)4-2/h6-8H,3-5H2,1-2H3,(H2,13,15,16). The topological polar surface area (TPSA) is 69.6 Å². The van der Waals surface area contributed by atoms with E-state index in [-0.39, 0.29) is 0 Å². The van der Waals surface area contributed by atoms with Gasteiger partial charge in [0.1, 0.15) is 17.8 Å². The van der Waals surface area contributed by atoms with Crippen molar-refractivity contribution in [1.82, 2.24) is 19.5 Å². The molecule has 2 N–H and O–H groups in total. The van der Waals surface area contributed by atoms with Crippen LogP contribution in [0.5, 0.6) is 0 Å². The van der Waals surface area contributed by atoms with Gasteiger partial charge in [0.05, 0.1) is 0 Å². The fraction of sp³-hybridized carbons (Fsp3) is 0.417. The maximum Gasteiger partial charge on any atom is 0.159 e. The molecule has 0 aromatic carbocycles. The summed E-state index contributed by atoms with van der Waals surface area (Å²) in [7, 11) is 0. The number of hydrogen-bond donors (Lipinski definition) is 1. The molecule has 0 saturated carbocycles. The Morgan fingerprint density at radius 3 is 2.76 bits per heavy atom. The first-order valence-electron chi connectivity index (χ1n) is 5.88. The molecule has 2 heterocycles. The van der Waals surface area contributed by atoms with Crippen molar-refractivity contribution in [1.29, 1.82) is 0 Å². The first-order valence-corrected chi connectivity index (χ1v) is 5.88. The molecule has 0 saturated heterocycles. The molecule has 0 aliphatic rings. The SMILES string of the molecule is CCCc1c(N)ncnc1-c1nccn1CC. The van der Waals surface area contributed by atoms with E-state index in [1.807, 2.05) is 6.20 Å². The molecule has 2 aromatic heterocycles. The smallest absolute Gasteiger partial charge is 0.159 e. The second-order valence-electron chi connectivity index (χ2n) is 3.87. The molecule has 2 aromatic rings. The minimum absolute atomic E-state index is 0.558. The van der Waals surface area contributed by atoms with Crippen molar-refractivity contribution >= 4 is 5.82 Å². The number of nitrogen functional groups attached to an aromatic ring is 1. The second kappa shape index (κ2) is 4.95. The molecule has 0 bridgehead atoms. The van der Waals surface area contributed by atoms with Gasteiger partial charge in [0.2, 0.25) is 0 Å². The van der Waals surface area contributed by atoms with E-state index in [0.29, 0.717) is 5.82 Å². The van der Waals surface area contributed by atoms with E-state index < -0.39 is 0 Å². The third kappa shape index (κ3) is 2.13. The molecular weight excluding hydrogens is 214 g/mol. The average molecular weight is 231 g/mol. The third-order valence-corrected chi connectivity index (χ3v) is 2.75. The van der Waals surface area contributed by atoms with Gasteiger partial charge in [0.15, 0.2) is 5.82 Å². The summed E-state index contributed by atoms with van der Waals surface area (Å²) in [6, 6.07) is 0. The highest BCUT2D eigenvalue weighted by atomic mass is 15.1. The summed E-state index contributed by atoms with van der Waals surface area (Å²) in [6.45, 7) is 5.06. The summed E-state index contributed by atoms with van der Waals surface area (Å²) >= 11 is 0. The lowest BCUT2D eigenvalue weighted by atomic mass is 10.1. The van der Waals surface area contributed by atoms with Gasteiger partial charge in [-0.2, -0.15) is 0 Å². The molecule has 5 nitrogen and oxygen atoms in total. The van der Waals surface area contributed by atoms with E-state index in [2.05, 4.69) is 33.4 Å². The van der Waals surface area contributed by atoms with E-state index in [9.17, 15) is 0 Å². The normalized spacial score (nSPS) is 10.7. The highest BCUT2D eigenvalue weighted by Crippen LogP contribution is 2.24. The molecule has 0 radical (unpaired) electrons. The molecule has 0 amide bonds. The average Bonchev–Trinajstić information content (AvgIpc) is 2.80. The van der Waals surface area contributed by atoms with Gasteiger partial charge >= 0.3 is 0 Å². The highest BCUT2D eigenvalue weighted by Gasteiger charge is 2.14. The first-order chi connectivity index (χ1) is 8.27. The van der Waals surface area contributed by atoms with Crippen molar-refractivity contribution in [2.24, 2.45) is 0 Å². The van der Waals surface area contributed by atoms with Crippen LogP contribution in [-0.4, -0.2) is 19.5 Å². The zero-order chi connectivity index (χ0) is 12.3. The van der Waals surface area contributed by atoms with Gasteiger partial charge in [-0.25, -0.2) is 15.0 Å². The molecule has 0 aliphatic carbocycles. The molecule has 90 valence electrons. The van der Waals surface area contributed by atoms with Crippen molar-refractivity contribution in [3.05, 3.63) is 24.3 Å². The van der Waals surface area contributed by atoms with E-state index in [0.717, 1.165) is 36.5 Å². The molecule has 0 atom stereocenters. The summed E-state index contributed by atoms with van der Waals surface area (Å²) in [5.74, 6) is 1.42. The fourth-order valence-electron chi connectivity index (χ4n) is 1.90. The summed E-state index contributed by atoms with van der Waals surface area (Å²) < 4.78 is 2.06. The van der Waals surface area contributed by atoms with E-state index >= 15 is 0 Å². The van der Waals surface area contributed by atoms with Crippen molar-refractivity contribution < 1.29 is 0 Å². The molecule has 2 rings (SSSR count). The summed E-state index contributed by atoms with van der Waals surface area (Å²) in [4.78, 5) is 12.7. The van der Waals surface area contributed by atoms with Crippen LogP contribution in [0.1, 0.15) is 25.8 Å². The Morgan fingerprint density at radius 2 is 2.06 bits per heavy atom. The second-order valence-corrected chi connectivity index (χ2v) is 3.87. The quantitative estimate of drug-likeness (QED) is 0.872. The Labute approximate surface area is 101 Å². The summed E-state index contributed by atoms with van der Waals surface area (Å²) in [5.41, 5.74) is 7.77. The van der Waals surface area contributed by atoms with Crippen molar-refractivity contribution in [2.45, 2.75) is 33.2 Å². The number of rotatable bonds is 4. The minimum Gasteiger partial charge on any atom is -0.383 e. The predicted octanol–water partition coefficient (Wildman–Crippen LogP) is 1.89. The van der Waals surface area contributed by atoms with Crippen LogP contribution in [0.3, 0.4) is 0 Å². The van der Waals surface area contributed by atoms with Gasteiger partial charge in [-0.3, -0.25) is 0 Å². The molecule has 0 unspecified atom stereocenters. The number of nitrogens with two attached hydrogens (primary N) is 1. The first kappa shape index (κ1) is 11.6. The third-order valence-electron chi connectivity index (χ3n) is 2.75. The maximum absolute atomic E-state index is 5.92. The zero-order valence-corrected chi connectivity index (χ0v) is 10.2. The van der Waals surface area contributed by atoms with Crippen LogP contribution in [0.2, 0.25) is 0 Å². The van der Waals surface area contributed by atoms with Gasteiger partial charge in [-0.05, 0) is 13.3 Å². The molecular formula is C12H17N5. The van der Waals surface area contributed by atoms with Crippen molar-refractivity contribution in [3.8, 4) is 11.5 Å². The highest BCUT2D eigenvalue weighted by molar-refractivity contribution is 5.61. The summed E-state index contributed by atoms with van der Waals surface area (Å²) in [5, 5.41) is 0. The lowest BCUT2D eigenvalue weighted by Crippen LogP contribution is -2.06. The number of imidazole rings is 1. The Kier molecular flexibility index (Phi) is 3.37. The van der Waals surface area contributed by atoms with E-state index in [1.165, 1.54) is 6.33 Å². The van der Waals surface area contributed by atoms with Gasteiger partial charge in [-0.15, -0.1) is 0 Å². The molecule has 0 aliphatic heterocycles. The Hall–Kier alpha value is -1.91. The Morgan fingerprint density at radius 1 is 1.24 bits per heavy atom. The van der Waals surface area contributed by atoms with Crippen LogP contribution in [0.4, 0.5) is 5.82 Å². The molecule has 17 heavy (non-hydrogen) atoms. The van der Waals surface area contributed by atoms with Crippen LogP contribution in [0, 0.1) is 0 Å². The van der Waals surface area contributed by atoms with Crippen LogP contribution in [0.25, 0.3) is 11.5 Å².